The third kappa shape index (κ3) is 5.06. The smallest absolute Gasteiger partial charge is 0.255 e. The van der Waals surface area contributed by atoms with Crippen LogP contribution in [0.15, 0.2) is 70.3 Å². The molecule has 0 saturated carbocycles. The van der Waals surface area contributed by atoms with E-state index < -0.39 is 0 Å². The van der Waals surface area contributed by atoms with Crippen molar-refractivity contribution in [3.8, 4) is 0 Å². The van der Waals surface area contributed by atoms with Crippen LogP contribution in [0.5, 0.6) is 0 Å². The van der Waals surface area contributed by atoms with Crippen LogP contribution in [0, 0.1) is 0 Å². The number of carbonyl (C=O) groups excluding carboxylic acids is 1. The van der Waals surface area contributed by atoms with Crippen LogP contribution in [0.25, 0.3) is 0 Å². The number of rotatable bonds is 7. The molecule has 4 nitrogen and oxygen atoms in total. The molecular weight excluding hydrogens is 412 g/mol. The number of hydrogen-bond acceptors (Lipinski definition) is 5. The Morgan fingerprint density at radius 2 is 1.87 bits per heavy atom. The minimum atomic E-state index is 0.0557. The van der Waals surface area contributed by atoms with Crippen molar-refractivity contribution in [3.63, 3.8) is 0 Å². The Morgan fingerprint density at radius 3 is 2.67 bits per heavy atom. The van der Waals surface area contributed by atoms with Gasteiger partial charge in [0.2, 0.25) is 0 Å². The number of thiophene rings is 1. The second kappa shape index (κ2) is 10.2. The third-order valence-electron chi connectivity index (χ3n) is 5.19. The number of amides is 1. The number of anilines is 1. The molecule has 4 rings (SSSR count). The Kier molecular flexibility index (Phi) is 7.10. The number of ether oxygens (including phenoxy) is 1. The first-order valence-corrected chi connectivity index (χ1v) is 12.0. The summed E-state index contributed by atoms with van der Waals surface area (Å²) in [6.07, 6.45) is 0. The Balaban J connectivity index is 1.48. The predicted octanol–water partition coefficient (Wildman–Crippen LogP) is 5.15. The highest BCUT2D eigenvalue weighted by Gasteiger charge is 2.19. The number of thioether (sulfide) groups is 1. The van der Waals surface area contributed by atoms with Crippen LogP contribution in [0.3, 0.4) is 0 Å². The summed E-state index contributed by atoms with van der Waals surface area (Å²) < 4.78 is 5.49. The molecule has 0 N–H and O–H groups in total. The summed E-state index contributed by atoms with van der Waals surface area (Å²) in [6, 6.07) is 18.4. The number of hydrogen-bond donors (Lipinski definition) is 0. The largest absolute Gasteiger partial charge is 0.378 e. The fourth-order valence-electron chi connectivity index (χ4n) is 3.60. The maximum atomic E-state index is 13.3. The minimum Gasteiger partial charge on any atom is -0.378 e. The van der Waals surface area contributed by atoms with Gasteiger partial charge in [0.05, 0.1) is 18.8 Å². The zero-order valence-corrected chi connectivity index (χ0v) is 18.8. The van der Waals surface area contributed by atoms with Crippen LogP contribution in [0.4, 0.5) is 5.69 Å². The maximum Gasteiger partial charge on any atom is 0.255 e. The van der Waals surface area contributed by atoms with Gasteiger partial charge in [-0.05, 0) is 46.2 Å². The second-order valence-electron chi connectivity index (χ2n) is 7.31. The molecule has 30 heavy (non-hydrogen) atoms. The van der Waals surface area contributed by atoms with Gasteiger partial charge in [-0.3, -0.25) is 4.79 Å². The van der Waals surface area contributed by atoms with Crippen molar-refractivity contribution >= 4 is 34.7 Å². The molecule has 0 unspecified atom stereocenters. The fraction of sp³-hybridized carbons (Fsp3) is 0.292. The van der Waals surface area contributed by atoms with E-state index in [-0.39, 0.29) is 5.91 Å². The van der Waals surface area contributed by atoms with E-state index in [9.17, 15) is 4.79 Å². The van der Waals surface area contributed by atoms with Crippen molar-refractivity contribution in [2.75, 3.05) is 38.3 Å². The lowest BCUT2D eigenvalue weighted by Crippen LogP contribution is -2.37. The van der Waals surface area contributed by atoms with Gasteiger partial charge in [0.1, 0.15) is 0 Å². The van der Waals surface area contributed by atoms with Crippen molar-refractivity contribution in [2.45, 2.75) is 17.2 Å². The zero-order valence-electron chi connectivity index (χ0n) is 17.1. The summed E-state index contributed by atoms with van der Waals surface area (Å²) in [5, 5.41) is 4.25. The standard InChI is InChI=1S/C24H26N2O2S2/c1-25(16-20-6-2-4-8-22(20)26-11-13-28-14-12-26)24(27)21-7-3-5-9-23(21)30-18-19-10-15-29-17-19/h2-10,15,17H,11-14,16,18H2,1H3. The minimum absolute atomic E-state index is 0.0557. The van der Waals surface area contributed by atoms with Gasteiger partial charge >= 0.3 is 0 Å². The van der Waals surface area contributed by atoms with E-state index in [2.05, 4.69) is 39.9 Å². The molecule has 3 aromatic rings. The van der Waals surface area contributed by atoms with E-state index in [1.807, 2.05) is 42.3 Å². The second-order valence-corrected chi connectivity index (χ2v) is 9.10. The predicted molar refractivity (Wildman–Crippen MR) is 126 cm³/mol. The molecule has 0 radical (unpaired) electrons. The number of benzene rings is 2. The molecule has 1 saturated heterocycles. The average molecular weight is 439 g/mol. The lowest BCUT2D eigenvalue weighted by Gasteiger charge is -2.31. The number of para-hydroxylation sites is 1. The molecule has 6 heteroatoms. The third-order valence-corrected chi connectivity index (χ3v) is 7.07. The van der Waals surface area contributed by atoms with Gasteiger partial charge in [0.15, 0.2) is 0 Å². The summed E-state index contributed by atoms with van der Waals surface area (Å²) in [6.45, 7) is 3.85. The van der Waals surface area contributed by atoms with E-state index in [1.165, 1.54) is 16.8 Å². The van der Waals surface area contributed by atoms with Crippen LogP contribution in [0.1, 0.15) is 21.5 Å². The van der Waals surface area contributed by atoms with Gasteiger partial charge in [0, 0.05) is 43.0 Å². The van der Waals surface area contributed by atoms with Crippen molar-refractivity contribution in [2.24, 2.45) is 0 Å². The fourth-order valence-corrected chi connectivity index (χ4v) is 5.36. The van der Waals surface area contributed by atoms with Crippen LogP contribution in [-0.4, -0.2) is 44.2 Å². The van der Waals surface area contributed by atoms with Crippen LogP contribution in [-0.2, 0) is 17.0 Å². The van der Waals surface area contributed by atoms with Crippen molar-refractivity contribution in [1.82, 2.24) is 4.90 Å². The van der Waals surface area contributed by atoms with Crippen LogP contribution < -0.4 is 4.90 Å². The van der Waals surface area contributed by atoms with Gasteiger partial charge in [-0.2, -0.15) is 11.3 Å². The van der Waals surface area contributed by atoms with Gasteiger partial charge in [0.25, 0.3) is 5.91 Å². The highest BCUT2D eigenvalue weighted by molar-refractivity contribution is 7.98. The molecule has 1 aromatic heterocycles. The summed E-state index contributed by atoms with van der Waals surface area (Å²) >= 11 is 3.42. The van der Waals surface area contributed by atoms with E-state index in [0.29, 0.717) is 6.54 Å². The van der Waals surface area contributed by atoms with Gasteiger partial charge in [-0.15, -0.1) is 11.8 Å². The number of morpholine rings is 1. The summed E-state index contributed by atoms with van der Waals surface area (Å²) in [7, 11) is 1.89. The van der Waals surface area contributed by atoms with Crippen LogP contribution >= 0.6 is 23.1 Å². The lowest BCUT2D eigenvalue weighted by atomic mass is 10.1. The van der Waals surface area contributed by atoms with E-state index in [0.717, 1.165) is 42.5 Å². The van der Waals surface area contributed by atoms with E-state index >= 15 is 0 Å². The SMILES string of the molecule is CN(Cc1ccccc1N1CCOCC1)C(=O)c1ccccc1SCc1ccsc1. The molecule has 0 bridgehead atoms. The first-order valence-electron chi connectivity index (χ1n) is 10.1. The van der Waals surface area contributed by atoms with Crippen molar-refractivity contribution < 1.29 is 9.53 Å². The van der Waals surface area contributed by atoms with Crippen molar-refractivity contribution in [3.05, 3.63) is 82.0 Å². The molecular formula is C24H26N2O2S2. The monoisotopic (exact) mass is 438 g/mol. The highest BCUT2D eigenvalue weighted by Crippen LogP contribution is 2.29. The zero-order chi connectivity index (χ0) is 20.8. The highest BCUT2D eigenvalue weighted by atomic mass is 32.2. The average Bonchev–Trinajstić information content (AvgIpc) is 3.32. The molecule has 1 fully saturated rings. The molecule has 1 aliphatic rings. The Bertz CT molecular complexity index is 969. The number of carbonyl (C=O) groups is 1. The van der Waals surface area contributed by atoms with Gasteiger partial charge in [-0.1, -0.05) is 30.3 Å². The molecule has 0 spiro atoms. The Morgan fingerprint density at radius 1 is 1.10 bits per heavy atom. The van der Waals surface area contributed by atoms with E-state index in [1.54, 1.807) is 23.1 Å². The summed E-state index contributed by atoms with van der Waals surface area (Å²) in [4.78, 5) is 18.5. The summed E-state index contributed by atoms with van der Waals surface area (Å²) in [5.41, 5.74) is 4.42. The van der Waals surface area contributed by atoms with Crippen LogP contribution in [0.2, 0.25) is 0 Å². The Labute approximate surface area is 186 Å². The topological polar surface area (TPSA) is 32.8 Å². The Hall–Kier alpha value is -2.28. The maximum absolute atomic E-state index is 13.3. The van der Waals surface area contributed by atoms with Crippen molar-refractivity contribution in [1.29, 1.82) is 0 Å². The molecule has 2 aromatic carbocycles. The van der Waals surface area contributed by atoms with Gasteiger partial charge in [-0.25, -0.2) is 0 Å². The molecule has 0 atom stereocenters. The summed E-state index contributed by atoms with van der Waals surface area (Å²) in [5.74, 6) is 0.928. The lowest BCUT2D eigenvalue weighted by molar-refractivity contribution is 0.0781. The van der Waals surface area contributed by atoms with E-state index in [4.69, 9.17) is 4.74 Å². The van der Waals surface area contributed by atoms with Gasteiger partial charge < -0.3 is 14.5 Å². The number of nitrogens with zero attached hydrogens (tertiary/aromatic N) is 2. The molecule has 156 valence electrons. The first-order chi connectivity index (χ1) is 14.7. The first kappa shape index (κ1) is 21.0. The molecule has 0 aliphatic carbocycles. The molecule has 1 aliphatic heterocycles. The normalized spacial score (nSPS) is 14.0. The molecule has 2 heterocycles. The quantitative estimate of drug-likeness (QED) is 0.478. The molecule has 1 amide bonds.